The maximum atomic E-state index is 12.8. The molecule has 2 aromatic heterocycles. The molecule has 2 aromatic rings. The van der Waals surface area contributed by atoms with Gasteiger partial charge < -0.3 is 10.4 Å². The molecule has 2 amide bonds. The molecule has 4 heterocycles. The van der Waals surface area contributed by atoms with Gasteiger partial charge in [-0.1, -0.05) is 23.1 Å². The zero-order valence-corrected chi connectivity index (χ0v) is 20.4. The van der Waals surface area contributed by atoms with Crippen molar-refractivity contribution in [1.82, 2.24) is 30.2 Å². The Kier molecular flexibility index (Phi) is 6.90. The predicted molar refractivity (Wildman–Crippen MR) is 123 cm³/mol. The van der Waals surface area contributed by atoms with E-state index in [9.17, 15) is 29.6 Å². The minimum atomic E-state index is -1.19. The van der Waals surface area contributed by atoms with Gasteiger partial charge in [0, 0.05) is 17.9 Å². The van der Waals surface area contributed by atoms with Crippen LogP contribution in [0.25, 0.3) is 0 Å². The number of fused-ring (bicyclic) bond motifs is 1. The third kappa shape index (κ3) is 4.65. The molecule has 180 valence electrons. The van der Waals surface area contributed by atoms with E-state index < -0.39 is 34.1 Å². The summed E-state index contributed by atoms with van der Waals surface area (Å²) in [4.78, 5) is 48.7. The molecule has 2 atom stereocenters. The lowest BCUT2D eigenvalue weighted by Crippen LogP contribution is -2.70. The molecule has 1 fully saturated rings. The third-order valence-electron chi connectivity index (χ3n) is 5.27. The normalized spacial score (nSPS) is 19.6. The summed E-state index contributed by atoms with van der Waals surface area (Å²) in [6.07, 6.45) is 1.09. The minimum Gasteiger partial charge on any atom is -0.477 e. The molecule has 1 saturated heterocycles. The summed E-state index contributed by atoms with van der Waals surface area (Å²) in [7, 11) is 0. The Morgan fingerprint density at radius 2 is 2.15 bits per heavy atom. The zero-order valence-electron chi connectivity index (χ0n) is 18.0. The average Bonchev–Trinajstić information content (AvgIpc) is 3.38. The van der Waals surface area contributed by atoms with Gasteiger partial charge in [-0.3, -0.25) is 29.3 Å². The molecule has 2 aliphatic heterocycles. The highest BCUT2D eigenvalue weighted by molar-refractivity contribution is 8.01. The number of nitrogens with zero attached hydrogens (tertiary/aromatic N) is 6. The fourth-order valence-corrected chi connectivity index (χ4v) is 6.87. The number of aliphatic carboxylic acids is 1. The quantitative estimate of drug-likeness (QED) is 0.208. The van der Waals surface area contributed by atoms with E-state index in [1.54, 1.807) is 0 Å². The minimum absolute atomic E-state index is 0.0361. The summed E-state index contributed by atoms with van der Waals surface area (Å²) in [5, 5.41) is 35.5. The number of aryl methyl sites for hydroxylation is 2. The molecule has 0 aromatic carbocycles. The van der Waals surface area contributed by atoms with Crippen molar-refractivity contribution >= 4 is 58.3 Å². The van der Waals surface area contributed by atoms with Crippen LogP contribution in [0.4, 0.5) is 5.69 Å². The van der Waals surface area contributed by atoms with Crippen LogP contribution in [0, 0.1) is 24.0 Å². The number of β-lactam (4-membered cyclic amide) rings is 1. The molecule has 2 aliphatic rings. The Bertz CT molecular complexity index is 1210. The van der Waals surface area contributed by atoms with E-state index in [4.69, 9.17) is 0 Å². The Morgan fingerprint density at radius 1 is 1.38 bits per heavy atom. The summed E-state index contributed by atoms with van der Waals surface area (Å²) in [6, 6.07) is -0.833. The first-order valence-electron chi connectivity index (χ1n) is 9.96. The number of aromatic nitrogens is 4. The van der Waals surface area contributed by atoms with E-state index in [2.05, 4.69) is 20.6 Å². The summed E-state index contributed by atoms with van der Waals surface area (Å²) in [5.41, 5.74) is 0.761. The summed E-state index contributed by atoms with van der Waals surface area (Å²) in [6.45, 7) is 3.48. The van der Waals surface area contributed by atoms with Crippen molar-refractivity contribution in [3.63, 3.8) is 0 Å². The largest absolute Gasteiger partial charge is 0.477 e. The van der Waals surface area contributed by atoms with Gasteiger partial charge >= 0.3 is 11.7 Å². The van der Waals surface area contributed by atoms with Crippen LogP contribution in [-0.2, 0) is 20.9 Å². The van der Waals surface area contributed by atoms with Gasteiger partial charge in [0.2, 0.25) is 5.91 Å². The smallest absolute Gasteiger partial charge is 0.352 e. The number of carbonyl (C=O) groups is 3. The van der Waals surface area contributed by atoms with Gasteiger partial charge in [-0.2, -0.15) is 5.10 Å². The molecule has 4 rings (SSSR count). The lowest BCUT2D eigenvalue weighted by atomic mass is 10.0. The molecule has 0 bridgehead atoms. The highest BCUT2D eigenvalue weighted by Crippen LogP contribution is 2.41. The lowest BCUT2D eigenvalue weighted by Gasteiger charge is -2.49. The standard InChI is InChI=1S/C18H19N7O6S3/c1-8-11(25(30)31)5-19-23(8)4-3-12(26)20-13-15(27)24-14(17(28)29)10(6-32-16(13)24)7-33-18-22-21-9(2)34-18/h5,13,16H,3-4,6-7H2,1-2H3,(H,20,26)(H,28,29)/t13-,16+/m0/s1. The van der Waals surface area contributed by atoms with Crippen LogP contribution in [0.1, 0.15) is 17.1 Å². The van der Waals surface area contributed by atoms with Crippen LogP contribution < -0.4 is 5.32 Å². The Morgan fingerprint density at radius 3 is 2.76 bits per heavy atom. The van der Waals surface area contributed by atoms with Crippen LogP contribution in [0.2, 0.25) is 0 Å². The van der Waals surface area contributed by atoms with Crippen molar-refractivity contribution in [2.45, 2.75) is 42.6 Å². The van der Waals surface area contributed by atoms with Crippen LogP contribution >= 0.6 is 34.9 Å². The number of thioether (sulfide) groups is 2. The number of nitro groups is 1. The van der Waals surface area contributed by atoms with Gasteiger partial charge in [-0.25, -0.2) is 4.79 Å². The van der Waals surface area contributed by atoms with Gasteiger partial charge in [0.1, 0.15) is 34.0 Å². The number of hydrogen-bond donors (Lipinski definition) is 2. The molecule has 0 saturated carbocycles. The molecular formula is C18H19N7O6S3. The number of rotatable bonds is 9. The van der Waals surface area contributed by atoms with Crippen molar-refractivity contribution in [3.8, 4) is 0 Å². The molecule has 34 heavy (non-hydrogen) atoms. The van der Waals surface area contributed by atoms with E-state index in [1.165, 1.54) is 51.4 Å². The van der Waals surface area contributed by atoms with Crippen LogP contribution in [-0.4, -0.2) is 75.6 Å². The number of hydrogen-bond acceptors (Lipinski definition) is 11. The van der Waals surface area contributed by atoms with Gasteiger partial charge in [0.25, 0.3) is 5.91 Å². The topological polar surface area (TPSA) is 173 Å². The van der Waals surface area contributed by atoms with E-state index in [-0.39, 0.29) is 24.4 Å². The molecule has 2 N–H and O–H groups in total. The Labute approximate surface area is 205 Å². The molecule has 13 nitrogen and oxygen atoms in total. The van der Waals surface area contributed by atoms with Gasteiger partial charge in [0.15, 0.2) is 4.34 Å². The maximum Gasteiger partial charge on any atom is 0.352 e. The van der Waals surface area contributed by atoms with Crippen molar-refractivity contribution in [1.29, 1.82) is 0 Å². The lowest BCUT2D eigenvalue weighted by molar-refractivity contribution is -0.385. The molecule has 0 aliphatic carbocycles. The fourth-order valence-electron chi connectivity index (χ4n) is 3.57. The molecule has 0 spiro atoms. The highest BCUT2D eigenvalue weighted by atomic mass is 32.2. The first-order valence-corrected chi connectivity index (χ1v) is 12.8. The van der Waals surface area contributed by atoms with Crippen molar-refractivity contribution < 1.29 is 24.4 Å². The van der Waals surface area contributed by atoms with E-state index in [1.807, 2.05) is 6.92 Å². The van der Waals surface area contributed by atoms with Gasteiger partial charge in [0.05, 0.1) is 11.5 Å². The van der Waals surface area contributed by atoms with Crippen molar-refractivity contribution in [2.24, 2.45) is 0 Å². The average molecular weight is 526 g/mol. The number of carbonyl (C=O) groups excluding carboxylic acids is 2. The van der Waals surface area contributed by atoms with Crippen LogP contribution in [0.5, 0.6) is 0 Å². The van der Waals surface area contributed by atoms with Crippen molar-refractivity contribution in [3.05, 3.63) is 38.3 Å². The number of carboxylic acid groups (broad SMARTS) is 1. The monoisotopic (exact) mass is 525 g/mol. The van der Waals surface area contributed by atoms with E-state index >= 15 is 0 Å². The fraction of sp³-hybridized carbons (Fsp3) is 0.444. The Hall–Kier alpha value is -2.98. The SMILES string of the molecule is Cc1nnc(SCC2=C(C(=O)O)N3C(=O)[C@H](NC(=O)CCn4ncc([N+](=O)[O-])c4C)[C@H]3SC2)s1. The molecular weight excluding hydrogens is 506 g/mol. The van der Waals surface area contributed by atoms with Crippen LogP contribution in [0.15, 0.2) is 21.8 Å². The van der Waals surface area contributed by atoms with Gasteiger partial charge in [-0.15, -0.1) is 22.0 Å². The van der Waals surface area contributed by atoms with Crippen LogP contribution in [0.3, 0.4) is 0 Å². The second-order valence-corrected chi connectivity index (χ2v) is 10.9. The summed E-state index contributed by atoms with van der Waals surface area (Å²) in [5.74, 6) is -1.33. The van der Waals surface area contributed by atoms with E-state index in [0.29, 0.717) is 22.8 Å². The molecule has 0 unspecified atom stereocenters. The van der Waals surface area contributed by atoms with Crippen molar-refractivity contribution in [2.75, 3.05) is 11.5 Å². The maximum absolute atomic E-state index is 12.8. The second kappa shape index (κ2) is 9.71. The first-order chi connectivity index (χ1) is 16.2. The first kappa shape index (κ1) is 24.2. The van der Waals surface area contributed by atoms with Gasteiger partial charge in [-0.05, 0) is 19.4 Å². The summed E-state index contributed by atoms with van der Waals surface area (Å²) < 4.78 is 2.08. The molecule has 16 heteroatoms. The molecule has 0 radical (unpaired) electrons. The third-order valence-corrected chi connectivity index (χ3v) is 8.67. The number of amides is 2. The number of nitrogens with one attached hydrogen (secondary N) is 1. The highest BCUT2D eigenvalue weighted by Gasteiger charge is 2.54. The Balaban J connectivity index is 1.37. The zero-order chi connectivity index (χ0) is 24.6. The number of carboxylic acids is 1. The second-order valence-electron chi connectivity index (χ2n) is 7.43. The van der Waals surface area contributed by atoms with E-state index in [0.717, 1.165) is 15.5 Å². The summed E-state index contributed by atoms with van der Waals surface area (Å²) >= 11 is 4.17. The predicted octanol–water partition coefficient (Wildman–Crippen LogP) is 1.18.